The highest BCUT2D eigenvalue weighted by Gasteiger charge is 2.43. The molecule has 0 spiro atoms. The summed E-state index contributed by atoms with van der Waals surface area (Å²) >= 11 is 6.90. The number of para-hydroxylation sites is 1. The molecule has 0 saturated carbocycles. The largest absolute Gasteiger partial charge is 0.385 e. The Morgan fingerprint density at radius 3 is 2.71 bits per heavy atom. The number of rotatable bonds is 10. The number of methoxy groups -OCH3 is 1. The SMILES string of the molecule is COCCCC[C@@](O)(c1cccc(Cl)c1-c1cnc2ccccc2c1)[C@@H]1CCCN(C(=O)c2ccc(CN)cc2)C1. The van der Waals surface area contributed by atoms with Gasteiger partial charge < -0.3 is 20.5 Å². The second kappa shape index (κ2) is 13.1. The number of nitrogens with zero attached hydrogens (tertiary/aromatic N) is 2. The molecule has 1 fully saturated rings. The number of piperidine rings is 1. The molecule has 2 heterocycles. The minimum atomic E-state index is -1.21. The lowest BCUT2D eigenvalue weighted by molar-refractivity contribution is -0.0574. The van der Waals surface area contributed by atoms with Crippen LogP contribution in [0.3, 0.4) is 0 Å². The summed E-state index contributed by atoms with van der Waals surface area (Å²) in [5.41, 5.74) is 9.51. The molecule has 1 amide bonds. The smallest absolute Gasteiger partial charge is 0.253 e. The number of hydrogen-bond donors (Lipinski definition) is 2. The van der Waals surface area contributed by atoms with Crippen LogP contribution in [0.5, 0.6) is 0 Å². The van der Waals surface area contributed by atoms with Gasteiger partial charge in [-0.25, -0.2) is 0 Å². The zero-order chi connectivity index (χ0) is 28.8. The molecule has 41 heavy (non-hydrogen) atoms. The molecule has 1 aliphatic heterocycles. The Morgan fingerprint density at radius 2 is 1.93 bits per heavy atom. The van der Waals surface area contributed by atoms with Gasteiger partial charge in [-0.3, -0.25) is 9.78 Å². The van der Waals surface area contributed by atoms with Crippen molar-refractivity contribution in [3.63, 3.8) is 0 Å². The third-order valence-electron chi connectivity index (χ3n) is 8.34. The van der Waals surface area contributed by atoms with Crippen molar-refractivity contribution < 1.29 is 14.6 Å². The van der Waals surface area contributed by atoms with Crippen LogP contribution >= 0.6 is 11.6 Å². The molecule has 5 rings (SSSR count). The van der Waals surface area contributed by atoms with E-state index in [9.17, 15) is 9.90 Å². The molecular weight excluding hydrogens is 534 g/mol. The predicted octanol–water partition coefficient (Wildman–Crippen LogP) is 6.57. The number of benzene rings is 3. The molecule has 2 atom stereocenters. The molecule has 7 heteroatoms. The molecule has 3 N–H and O–H groups in total. The quantitative estimate of drug-likeness (QED) is 0.210. The second-order valence-corrected chi connectivity index (χ2v) is 11.4. The lowest BCUT2D eigenvalue weighted by atomic mass is 9.72. The topological polar surface area (TPSA) is 88.7 Å². The summed E-state index contributed by atoms with van der Waals surface area (Å²) in [5.74, 6) is -0.193. The van der Waals surface area contributed by atoms with E-state index in [4.69, 9.17) is 22.1 Å². The molecule has 0 bridgehead atoms. The summed E-state index contributed by atoms with van der Waals surface area (Å²) in [5, 5.41) is 14.3. The minimum absolute atomic E-state index is 0.0231. The van der Waals surface area contributed by atoms with Gasteiger partial charge in [-0.2, -0.15) is 0 Å². The zero-order valence-electron chi connectivity index (χ0n) is 23.6. The van der Waals surface area contributed by atoms with Gasteiger partial charge >= 0.3 is 0 Å². The standard InChI is InChI=1S/C34H38ClN3O3/c1-41-19-5-4-17-34(40,28-9-7-18-38(23-28)33(39)25-15-13-24(21-36)14-16-25)29-10-6-11-30(35)32(29)27-20-26-8-2-3-12-31(26)37-22-27/h2-3,6,8,10-16,20,22,28,40H,4-5,7,9,17-19,21,23,36H2,1H3/t28-,34+/m1/s1. The van der Waals surface area contributed by atoms with E-state index in [-0.39, 0.29) is 11.8 Å². The molecule has 1 aromatic heterocycles. The Hall–Kier alpha value is -3.29. The average Bonchev–Trinajstić information content (AvgIpc) is 3.02. The van der Waals surface area contributed by atoms with Gasteiger partial charge in [0.15, 0.2) is 0 Å². The van der Waals surface area contributed by atoms with Gasteiger partial charge in [-0.1, -0.05) is 54.1 Å². The maximum atomic E-state index is 13.5. The molecule has 0 aliphatic carbocycles. The van der Waals surface area contributed by atoms with E-state index in [0.717, 1.165) is 58.8 Å². The van der Waals surface area contributed by atoms with E-state index < -0.39 is 5.60 Å². The number of unbranched alkanes of at least 4 members (excludes halogenated alkanes) is 1. The summed E-state index contributed by atoms with van der Waals surface area (Å²) in [6, 6.07) is 23.3. The Kier molecular flexibility index (Phi) is 9.35. The van der Waals surface area contributed by atoms with Gasteiger partial charge in [0.1, 0.15) is 0 Å². The van der Waals surface area contributed by atoms with Crippen molar-refractivity contribution in [1.29, 1.82) is 0 Å². The van der Waals surface area contributed by atoms with Gasteiger partial charge in [0.25, 0.3) is 5.91 Å². The number of halogens is 1. The van der Waals surface area contributed by atoms with Crippen LogP contribution < -0.4 is 5.73 Å². The first-order chi connectivity index (χ1) is 19.9. The Bertz CT molecular complexity index is 1490. The number of carbonyl (C=O) groups excluding carboxylic acids is 1. The first-order valence-electron chi connectivity index (χ1n) is 14.4. The third-order valence-corrected chi connectivity index (χ3v) is 8.65. The first kappa shape index (κ1) is 29.2. The highest BCUT2D eigenvalue weighted by atomic mass is 35.5. The van der Waals surface area contributed by atoms with Crippen molar-refractivity contribution >= 4 is 28.4 Å². The molecule has 214 valence electrons. The molecule has 0 unspecified atom stereocenters. The van der Waals surface area contributed by atoms with Crippen LogP contribution in [0.15, 0.2) is 79.0 Å². The number of nitrogens with two attached hydrogens (primary N) is 1. The van der Waals surface area contributed by atoms with Crippen LogP contribution in [0.25, 0.3) is 22.0 Å². The van der Waals surface area contributed by atoms with Crippen molar-refractivity contribution in [2.75, 3.05) is 26.8 Å². The number of ether oxygens (including phenoxy) is 1. The summed E-state index contributed by atoms with van der Waals surface area (Å²) < 4.78 is 5.30. The fourth-order valence-electron chi connectivity index (χ4n) is 6.10. The van der Waals surface area contributed by atoms with Crippen LogP contribution in [0, 0.1) is 5.92 Å². The van der Waals surface area contributed by atoms with E-state index in [2.05, 4.69) is 11.1 Å². The van der Waals surface area contributed by atoms with Crippen LogP contribution in [0.4, 0.5) is 0 Å². The number of fused-ring (bicyclic) bond motifs is 1. The highest BCUT2D eigenvalue weighted by Crippen LogP contribution is 2.46. The van der Waals surface area contributed by atoms with Crippen molar-refractivity contribution in [3.8, 4) is 11.1 Å². The highest BCUT2D eigenvalue weighted by molar-refractivity contribution is 6.33. The van der Waals surface area contributed by atoms with Crippen molar-refractivity contribution in [2.24, 2.45) is 11.7 Å². The molecule has 0 radical (unpaired) electrons. The predicted molar refractivity (Wildman–Crippen MR) is 165 cm³/mol. The summed E-state index contributed by atoms with van der Waals surface area (Å²) in [6.07, 6.45) is 5.58. The third kappa shape index (κ3) is 6.31. The molecule has 1 aliphatic rings. The van der Waals surface area contributed by atoms with Gasteiger partial charge in [-0.15, -0.1) is 0 Å². The Balaban J connectivity index is 1.52. The number of aromatic nitrogens is 1. The second-order valence-electron chi connectivity index (χ2n) is 10.9. The van der Waals surface area contributed by atoms with Crippen LogP contribution in [-0.2, 0) is 16.9 Å². The number of carbonyl (C=O) groups is 1. The molecule has 4 aromatic rings. The Morgan fingerprint density at radius 1 is 1.12 bits per heavy atom. The number of likely N-dealkylation sites (tertiary alicyclic amines) is 1. The Labute approximate surface area is 247 Å². The maximum absolute atomic E-state index is 13.5. The van der Waals surface area contributed by atoms with Crippen molar-refractivity contribution in [2.45, 2.75) is 44.2 Å². The zero-order valence-corrected chi connectivity index (χ0v) is 24.3. The van der Waals surface area contributed by atoms with Gasteiger partial charge in [0.05, 0.1) is 11.1 Å². The molecule has 3 aromatic carbocycles. The fourth-order valence-corrected chi connectivity index (χ4v) is 6.39. The van der Waals surface area contributed by atoms with E-state index in [1.807, 2.05) is 77.8 Å². The fraction of sp³-hybridized carbons (Fsp3) is 0.353. The van der Waals surface area contributed by atoms with Crippen LogP contribution in [-0.4, -0.2) is 47.7 Å². The van der Waals surface area contributed by atoms with E-state index >= 15 is 0 Å². The summed E-state index contributed by atoms with van der Waals surface area (Å²) in [4.78, 5) is 20.1. The summed E-state index contributed by atoms with van der Waals surface area (Å²) in [6.45, 7) is 2.18. The number of amides is 1. The van der Waals surface area contributed by atoms with E-state index in [0.29, 0.717) is 43.2 Å². The lowest BCUT2D eigenvalue weighted by Gasteiger charge is -2.44. The number of pyridine rings is 1. The van der Waals surface area contributed by atoms with Gasteiger partial charge in [0, 0.05) is 72.6 Å². The average molecular weight is 572 g/mol. The van der Waals surface area contributed by atoms with E-state index in [1.54, 1.807) is 7.11 Å². The lowest BCUT2D eigenvalue weighted by Crippen LogP contribution is -2.48. The number of hydrogen-bond acceptors (Lipinski definition) is 5. The number of aliphatic hydroxyl groups is 1. The van der Waals surface area contributed by atoms with E-state index in [1.165, 1.54) is 0 Å². The molecule has 6 nitrogen and oxygen atoms in total. The molecular formula is C34H38ClN3O3. The summed E-state index contributed by atoms with van der Waals surface area (Å²) in [7, 11) is 1.69. The van der Waals surface area contributed by atoms with Crippen molar-refractivity contribution in [3.05, 3.63) is 101 Å². The monoisotopic (exact) mass is 571 g/mol. The van der Waals surface area contributed by atoms with Crippen molar-refractivity contribution in [1.82, 2.24) is 9.88 Å². The van der Waals surface area contributed by atoms with Gasteiger partial charge in [-0.05, 0) is 73.6 Å². The normalized spacial score (nSPS) is 17.0. The van der Waals surface area contributed by atoms with Crippen LogP contribution in [0.2, 0.25) is 5.02 Å². The van der Waals surface area contributed by atoms with Crippen LogP contribution in [0.1, 0.15) is 53.6 Å². The minimum Gasteiger partial charge on any atom is -0.385 e. The van der Waals surface area contributed by atoms with Gasteiger partial charge in [0.2, 0.25) is 0 Å². The first-order valence-corrected chi connectivity index (χ1v) is 14.8. The molecule has 1 saturated heterocycles. The maximum Gasteiger partial charge on any atom is 0.253 e.